The highest BCUT2D eigenvalue weighted by Gasteiger charge is 2.25. The van der Waals surface area contributed by atoms with Crippen molar-refractivity contribution in [3.8, 4) is 0 Å². The number of hydrogen-bond donors (Lipinski definition) is 1. The molecule has 0 aliphatic heterocycles. The third-order valence-corrected chi connectivity index (χ3v) is 4.36. The summed E-state index contributed by atoms with van der Waals surface area (Å²) in [6.45, 7) is 10.6. The van der Waals surface area contributed by atoms with Crippen molar-refractivity contribution in [1.29, 1.82) is 0 Å². The first-order valence-corrected chi connectivity index (χ1v) is 8.59. The van der Waals surface area contributed by atoms with E-state index < -0.39 is 0 Å². The second kappa shape index (κ2) is 7.62. The van der Waals surface area contributed by atoms with Crippen LogP contribution in [0.2, 0.25) is 0 Å². The molecule has 1 saturated carbocycles. The number of aryl methyl sites for hydroxylation is 1. The van der Waals surface area contributed by atoms with Gasteiger partial charge < -0.3 is 10.2 Å². The van der Waals surface area contributed by atoms with Crippen molar-refractivity contribution >= 4 is 11.6 Å². The van der Waals surface area contributed by atoms with Crippen molar-refractivity contribution in [2.75, 3.05) is 23.3 Å². The molecule has 1 heterocycles. The van der Waals surface area contributed by atoms with E-state index in [4.69, 9.17) is 9.97 Å². The van der Waals surface area contributed by atoms with Crippen molar-refractivity contribution in [2.24, 2.45) is 0 Å². The SMILES string of the molecule is CCCc1nc(NCC)c(C)c(N(CC)C2CCCC2)n1. The van der Waals surface area contributed by atoms with Gasteiger partial charge in [-0.2, -0.15) is 0 Å². The largest absolute Gasteiger partial charge is 0.370 e. The van der Waals surface area contributed by atoms with Gasteiger partial charge in [0, 0.05) is 31.1 Å². The molecule has 0 saturated heterocycles. The van der Waals surface area contributed by atoms with E-state index in [1.165, 1.54) is 31.2 Å². The quantitative estimate of drug-likeness (QED) is 0.826. The van der Waals surface area contributed by atoms with Gasteiger partial charge in [0.05, 0.1) is 0 Å². The predicted octanol–water partition coefficient (Wildman–Crippen LogP) is 3.94. The van der Waals surface area contributed by atoms with E-state index in [0.717, 1.165) is 43.4 Å². The lowest BCUT2D eigenvalue weighted by molar-refractivity contribution is 0.608. The maximum atomic E-state index is 4.90. The number of hydrogen-bond acceptors (Lipinski definition) is 4. The summed E-state index contributed by atoms with van der Waals surface area (Å²) in [5, 5.41) is 3.41. The molecular weight excluding hydrogens is 260 g/mol. The van der Waals surface area contributed by atoms with Gasteiger partial charge in [0.2, 0.25) is 0 Å². The molecule has 1 aliphatic rings. The normalized spacial score (nSPS) is 15.4. The van der Waals surface area contributed by atoms with Crippen molar-refractivity contribution in [2.45, 2.75) is 72.3 Å². The molecule has 0 amide bonds. The average molecular weight is 290 g/mol. The molecule has 1 aromatic rings. The van der Waals surface area contributed by atoms with Gasteiger partial charge in [-0.25, -0.2) is 9.97 Å². The lowest BCUT2D eigenvalue weighted by Gasteiger charge is -2.31. The Balaban J connectivity index is 2.38. The molecule has 1 aromatic heterocycles. The lowest BCUT2D eigenvalue weighted by atomic mass is 10.1. The first-order valence-electron chi connectivity index (χ1n) is 8.59. The first-order chi connectivity index (χ1) is 10.2. The predicted molar refractivity (Wildman–Crippen MR) is 90.2 cm³/mol. The minimum atomic E-state index is 0.660. The molecule has 4 heteroatoms. The third kappa shape index (κ3) is 3.66. The van der Waals surface area contributed by atoms with E-state index in [9.17, 15) is 0 Å². The van der Waals surface area contributed by atoms with Crippen molar-refractivity contribution in [3.63, 3.8) is 0 Å². The summed E-state index contributed by atoms with van der Waals surface area (Å²) in [7, 11) is 0. The summed E-state index contributed by atoms with van der Waals surface area (Å²) in [6, 6.07) is 0.660. The molecule has 1 N–H and O–H groups in total. The van der Waals surface area contributed by atoms with E-state index in [1.807, 2.05) is 0 Å². The van der Waals surface area contributed by atoms with Crippen LogP contribution in [0, 0.1) is 6.92 Å². The van der Waals surface area contributed by atoms with Crippen LogP contribution >= 0.6 is 0 Å². The molecule has 0 atom stereocenters. The van der Waals surface area contributed by atoms with E-state index in [-0.39, 0.29) is 0 Å². The van der Waals surface area contributed by atoms with E-state index in [1.54, 1.807) is 0 Å². The molecule has 4 nitrogen and oxygen atoms in total. The Labute approximate surface area is 129 Å². The third-order valence-electron chi connectivity index (χ3n) is 4.36. The highest BCUT2D eigenvalue weighted by Crippen LogP contribution is 2.31. The summed E-state index contributed by atoms with van der Waals surface area (Å²) in [5.74, 6) is 3.15. The standard InChI is InChI=1S/C17H30N4/c1-5-10-15-19-16(18-6-2)13(4)17(20-15)21(7-3)14-11-8-9-12-14/h14H,5-12H2,1-4H3,(H,18,19,20). The Morgan fingerprint density at radius 3 is 2.43 bits per heavy atom. The van der Waals surface area contributed by atoms with E-state index >= 15 is 0 Å². The van der Waals surface area contributed by atoms with Crippen LogP contribution in [0.3, 0.4) is 0 Å². The van der Waals surface area contributed by atoms with Crippen LogP contribution in [0.15, 0.2) is 0 Å². The lowest BCUT2D eigenvalue weighted by Crippen LogP contribution is -2.34. The maximum absolute atomic E-state index is 4.90. The van der Waals surface area contributed by atoms with Crippen molar-refractivity contribution in [3.05, 3.63) is 11.4 Å². The number of nitrogens with zero attached hydrogens (tertiary/aromatic N) is 3. The van der Waals surface area contributed by atoms with Crippen molar-refractivity contribution in [1.82, 2.24) is 9.97 Å². The molecule has 1 aliphatic carbocycles. The molecule has 0 radical (unpaired) electrons. The van der Waals surface area contributed by atoms with Crippen LogP contribution in [-0.2, 0) is 6.42 Å². The van der Waals surface area contributed by atoms with Crippen LogP contribution in [0.4, 0.5) is 11.6 Å². The molecular formula is C17H30N4. The van der Waals surface area contributed by atoms with Gasteiger partial charge in [-0.1, -0.05) is 19.8 Å². The number of rotatable bonds is 7. The van der Waals surface area contributed by atoms with Gasteiger partial charge in [-0.05, 0) is 40.0 Å². The number of anilines is 2. The summed E-state index contributed by atoms with van der Waals surface area (Å²) < 4.78 is 0. The number of nitrogens with one attached hydrogen (secondary N) is 1. The second-order valence-electron chi connectivity index (χ2n) is 5.94. The molecule has 0 unspecified atom stereocenters. The zero-order valence-corrected chi connectivity index (χ0v) is 14.1. The number of aromatic nitrogens is 2. The van der Waals surface area contributed by atoms with Gasteiger partial charge in [0.15, 0.2) is 0 Å². The maximum Gasteiger partial charge on any atom is 0.137 e. The minimum Gasteiger partial charge on any atom is -0.370 e. The Bertz CT molecular complexity index is 452. The van der Waals surface area contributed by atoms with Crippen LogP contribution in [0.1, 0.15) is 64.3 Å². The van der Waals surface area contributed by atoms with E-state index in [2.05, 4.69) is 37.9 Å². The fourth-order valence-electron chi connectivity index (χ4n) is 3.30. The molecule has 0 aromatic carbocycles. The van der Waals surface area contributed by atoms with Gasteiger partial charge in [0.25, 0.3) is 0 Å². The zero-order chi connectivity index (χ0) is 15.2. The fourth-order valence-corrected chi connectivity index (χ4v) is 3.30. The molecule has 21 heavy (non-hydrogen) atoms. The van der Waals surface area contributed by atoms with Gasteiger partial charge >= 0.3 is 0 Å². The Hall–Kier alpha value is -1.32. The fraction of sp³-hybridized carbons (Fsp3) is 0.765. The van der Waals surface area contributed by atoms with Gasteiger partial charge in [0.1, 0.15) is 17.5 Å². The Morgan fingerprint density at radius 2 is 1.86 bits per heavy atom. The van der Waals surface area contributed by atoms with E-state index in [0.29, 0.717) is 6.04 Å². The van der Waals surface area contributed by atoms with Crippen LogP contribution < -0.4 is 10.2 Å². The van der Waals surface area contributed by atoms with Crippen LogP contribution in [0.5, 0.6) is 0 Å². The Morgan fingerprint density at radius 1 is 1.14 bits per heavy atom. The highest BCUT2D eigenvalue weighted by molar-refractivity contribution is 5.59. The summed E-state index contributed by atoms with van der Waals surface area (Å²) in [5.41, 5.74) is 1.20. The Kier molecular flexibility index (Phi) is 5.83. The second-order valence-corrected chi connectivity index (χ2v) is 5.94. The minimum absolute atomic E-state index is 0.660. The first kappa shape index (κ1) is 16.1. The average Bonchev–Trinajstić information content (AvgIpc) is 2.99. The molecule has 0 spiro atoms. The van der Waals surface area contributed by atoms with Crippen LogP contribution in [0.25, 0.3) is 0 Å². The van der Waals surface area contributed by atoms with Crippen molar-refractivity contribution < 1.29 is 0 Å². The summed E-state index contributed by atoms with van der Waals surface area (Å²) >= 11 is 0. The zero-order valence-electron chi connectivity index (χ0n) is 14.1. The van der Waals surface area contributed by atoms with Crippen LogP contribution in [-0.4, -0.2) is 29.1 Å². The summed E-state index contributed by atoms with van der Waals surface area (Å²) in [4.78, 5) is 12.1. The molecule has 1 fully saturated rings. The molecule has 2 rings (SSSR count). The summed E-state index contributed by atoms with van der Waals surface area (Å²) in [6.07, 6.45) is 7.35. The van der Waals surface area contributed by atoms with Gasteiger partial charge in [-0.15, -0.1) is 0 Å². The van der Waals surface area contributed by atoms with Gasteiger partial charge in [-0.3, -0.25) is 0 Å². The topological polar surface area (TPSA) is 41.1 Å². The molecule has 118 valence electrons. The highest BCUT2D eigenvalue weighted by atomic mass is 15.2. The molecule has 0 bridgehead atoms. The monoisotopic (exact) mass is 290 g/mol. The smallest absolute Gasteiger partial charge is 0.137 e.